The van der Waals surface area contributed by atoms with Crippen molar-refractivity contribution in [2.45, 2.75) is 44.2 Å². The number of hydrogen-bond donors (Lipinski definition) is 2. The van der Waals surface area contributed by atoms with Crippen molar-refractivity contribution >= 4 is 6.47 Å². The van der Waals surface area contributed by atoms with Gasteiger partial charge in [-0.05, 0) is 30.9 Å². The summed E-state index contributed by atoms with van der Waals surface area (Å²) in [5.41, 5.74) is 2.92. The first-order valence-corrected chi connectivity index (χ1v) is 7.25. The lowest BCUT2D eigenvalue weighted by molar-refractivity contribution is -0.122. The average Bonchev–Trinajstić information content (AvgIpc) is 2.48. The summed E-state index contributed by atoms with van der Waals surface area (Å²) in [5.74, 6) is 0. The van der Waals surface area contributed by atoms with E-state index in [1.165, 1.54) is 36.8 Å². The first-order valence-electron chi connectivity index (χ1n) is 7.25. The minimum Gasteiger partial charge on any atom is -0.483 e. The molecule has 1 aliphatic carbocycles. The van der Waals surface area contributed by atoms with Crippen LogP contribution in [-0.4, -0.2) is 30.8 Å². The normalized spacial score (nSPS) is 28.8. The molecule has 3 rings (SSSR count). The van der Waals surface area contributed by atoms with E-state index >= 15 is 0 Å². The molecule has 1 aromatic rings. The van der Waals surface area contributed by atoms with Crippen molar-refractivity contribution in [3.05, 3.63) is 35.4 Å². The van der Waals surface area contributed by atoms with Crippen LogP contribution in [0.3, 0.4) is 0 Å². The Labute approximate surface area is 120 Å². The molecule has 2 unspecified atom stereocenters. The zero-order valence-electron chi connectivity index (χ0n) is 12.0. The highest BCUT2D eigenvalue weighted by Gasteiger charge is 2.45. The van der Waals surface area contributed by atoms with E-state index in [0.717, 1.165) is 13.2 Å². The second kappa shape index (κ2) is 6.86. The maximum atomic E-state index is 8.36. The van der Waals surface area contributed by atoms with Gasteiger partial charge in [-0.2, -0.15) is 0 Å². The quantitative estimate of drug-likeness (QED) is 0.774. The molecule has 2 fully saturated rings. The number of rotatable bonds is 1. The van der Waals surface area contributed by atoms with E-state index in [2.05, 4.69) is 36.5 Å². The molecule has 0 bridgehead atoms. The SMILES string of the molecule is Cc1ccccc1C12CCCCC1OCCN2.O=CO. The maximum Gasteiger partial charge on any atom is 0.290 e. The van der Waals surface area contributed by atoms with Gasteiger partial charge in [0.05, 0.1) is 18.2 Å². The number of carbonyl (C=O) groups is 1. The number of carboxylic acid groups (broad SMARTS) is 1. The van der Waals surface area contributed by atoms with Gasteiger partial charge in [-0.25, -0.2) is 0 Å². The van der Waals surface area contributed by atoms with Crippen molar-refractivity contribution in [2.24, 2.45) is 0 Å². The summed E-state index contributed by atoms with van der Waals surface area (Å²) in [6, 6.07) is 8.76. The minimum atomic E-state index is -0.250. The number of ether oxygens (including phenoxy) is 1. The summed E-state index contributed by atoms with van der Waals surface area (Å²) < 4.78 is 6.03. The number of aryl methyl sites for hydroxylation is 1. The summed E-state index contributed by atoms with van der Waals surface area (Å²) in [4.78, 5) is 8.36. The molecule has 2 atom stereocenters. The van der Waals surface area contributed by atoms with E-state index in [9.17, 15) is 0 Å². The molecule has 0 spiro atoms. The fourth-order valence-corrected chi connectivity index (χ4v) is 3.52. The van der Waals surface area contributed by atoms with Gasteiger partial charge < -0.3 is 15.2 Å². The molecule has 2 aliphatic rings. The van der Waals surface area contributed by atoms with Gasteiger partial charge in [0.25, 0.3) is 6.47 Å². The highest BCUT2D eigenvalue weighted by Crippen LogP contribution is 2.41. The average molecular weight is 277 g/mol. The van der Waals surface area contributed by atoms with Gasteiger partial charge in [0, 0.05) is 6.54 Å². The van der Waals surface area contributed by atoms with Crippen LogP contribution in [0.25, 0.3) is 0 Å². The Balaban J connectivity index is 0.000000452. The van der Waals surface area contributed by atoms with Gasteiger partial charge in [-0.15, -0.1) is 0 Å². The van der Waals surface area contributed by atoms with E-state index in [-0.39, 0.29) is 12.0 Å². The third kappa shape index (κ3) is 2.86. The molecule has 110 valence electrons. The third-order valence-corrected chi connectivity index (χ3v) is 4.32. The molecule has 1 heterocycles. The summed E-state index contributed by atoms with van der Waals surface area (Å²) in [6.45, 7) is 3.80. The summed E-state index contributed by atoms with van der Waals surface area (Å²) >= 11 is 0. The Morgan fingerprint density at radius 2 is 2.15 bits per heavy atom. The molecule has 4 heteroatoms. The van der Waals surface area contributed by atoms with Gasteiger partial charge in [-0.1, -0.05) is 37.1 Å². The van der Waals surface area contributed by atoms with Crippen LogP contribution in [0.4, 0.5) is 0 Å². The van der Waals surface area contributed by atoms with Crippen LogP contribution in [0.5, 0.6) is 0 Å². The zero-order valence-corrected chi connectivity index (χ0v) is 12.0. The Bertz CT molecular complexity index is 435. The smallest absolute Gasteiger partial charge is 0.290 e. The fraction of sp³-hybridized carbons (Fsp3) is 0.562. The van der Waals surface area contributed by atoms with Crippen LogP contribution in [0.1, 0.15) is 36.8 Å². The van der Waals surface area contributed by atoms with Gasteiger partial charge >= 0.3 is 0 Å². The van der Waals surface area contributed by atoms with Crippen LogP contribution >= 0.6 is 0 Å². The predicted octanol–water partition coefficient (Wildman–Crippen LogP) is 2.45. The first-order chi connectivity index (χ1) is 9.74. The van der Waals surface area contributed by atoms with Crippen LogP contribution in [0.2, 0.25) is 0 Å². The Hall–Kier alpha value is -1.39. The number of benzene rings is 1. The van der Waals surface area contributed by atoms with E-state index < -0.39 is 0 Å². The van der Waals surface area contributed by atoms with Crippen molar-refractivity contribution in [1.29, 1.82) is 0 Å². The van der Waals surface area contributed by atoms with Crippen LogP contribution < -0.4 is 5.32 Å². The number of fused-ring (bicyclic) bond motifs is 1. The Kier molecular flexibility index (Phi) is 5.15. The van der Waals surface area contributed by atoms with E-state index in [1.54, 1.807) is 0 Å². The maximum absolute atomic E-state index is 8.36. The summed E-state index contributed by atoms with van der Waals surface area (Å²) in [6.07, 6.45) is 5.39. The molecule has 4 nitrogen and oxygen atoms in total. The van der Waals surface area contributed by atoms with Crippen molar-refractivity contribution in [2.75, 3.05) is 13.2 Å². The van der Waals surface area contributed by atoms with Gasteiger partial charge in [0.15, 0.2) is 0 Å². The van der Waals surface area contributed by atoms with Gasteiger partial charge in [-0.3, -0.25) is 4.79 Å². The van der Waals surface area contributed by atoms with Crippen molar-refractivity contribution in [1.82, 2.24) is 5.32 Å². The van der Waals surface area contributed by atoms with E-state index in [1.807, 2.05) is 0 Å². The number of nitrogens with one attached hydrogen (secondary N) is 1. The molecule has 0 amide bonds. The molecule has 1 aromatic carbocycles. The third-order valence-electron chi connectivity index (χ3n) is 4.32. The highest BCUT2D eigenvalue weighted by molar-refractivity contribution is 5.35. The zero-order chi connectivity index (χ0) is 14.4. The van der Waals surface area contributed by atoms with E-state index in [0.29, 0.717) is 6.10 Å². The predicted molar refractivity (Wildman–Crippen MR) is 77.8 cm³/mol. The molecule has 1 saturated heterocycles. The van der Waals surface area contributed by atoms with Crippen LogP contribution in [-0.2, 0) is 15.1 Å². The minimum absolute atomic E-state index is 0.0852. The number of hydrogen-bond acceptors (Lipinski definition) is 3. The molecule has 0 aromatic heterocycles. The monoisotopic (exact) mass is 277 g/mol. The molecule has 1 aliphatic heterocycles. The lowest BCUT2D eigenvalue weighted by Crippen LogP contribution is -2.59. The Morgan fingerprint density at radius 1 is 1.40 bits per heavy atom. The molecule has 0 radical (unpaired) electrons. The van der Waals surface area contributed by atoms with Gasteiger partial charge in [0.2, 0.25) is 0 Å². The van der Waals surface area contributed by atoms with E-state index in [4.69, 9.17) is 14.6 Å². The lowest BCUT2D eigenvalue weighted by atomic mass is 9.72. The highest BCUT2D eigenvalue weighted by atomic mass is 16.5. The summed E-state index contributed by atoms with van der Waals surface area (Å²) in [5, 5.41) is 10.7. The molecule has 2 N–H and O–H groups in total. The van der Waals surface area contributed by atoms with Crippen molar-refractivity contribution in [3.8, 4) is 0 Å². The van der Waals surface area contributed by atoms with Crippen molar-refractivity contribution in [3.63, 3.8) is 0 Å². The second-order valence-corrected chi connectivity index (χ2v) is 5.42. The topological polar surface area (TPSA) is 58.6 Å². The van der Waals surface area contributed by atoms with Crippen LogP contribution in [0.15, 0.2) is 24.3 Å². The molecular formula is C16H23NO3. The number of morpholine rings is 1. The summed E-state index contributed by atoms with van der Waals surface area (Å²) in [7, 11) is 0. The largest absolute Gasteiger partial charge is 0.483 e. The lowest BCUT2D eigenvalue weighted by Gasteiger charge is -2.48. The molecule has 20 heavy (non-hydrogen) atoms. The second-order valence-electron chi connectivity index (χ2n) is 5.42. The van der Waals surface area contributed by atoms with Crippen LogP contribution in [0, 0.1) is 6.92 Å². The molecular weight excluding hydrogens is 254 g/mol. The first kappa shape index (κ1) is 15.0. The fourth-order valence-electron chi connectivity index (χ4n) is 3.52. The molecule has 1 saturated carbocycles. The standard InChI is InChI=1S/C15H21NO.CH2O2/c1-12-6-2-3-7-13(12)15-9-5-4-8-14(15)17-11-10-16-15;2-1-3/h2-3,6-7,14,16H,4-5,8-11H2,1H3;1H,(H,2,3). The van der Waals surface area contributed by atoms with Crippen molar-refractivity contribution < 1.29 is 14.6 Å². The van der Waals surface area contributed by atoms with Gasteiger partial charge in [0.1, 0.15) is 0 Å². The Morgan fingerprint density at radius 3 is 2.90 bits per heavy atom.